The van der Waals surface area contributed by atoms with Gasteiger partial charge in [0.15, 0.2) is 5.96 Å². The van der Waals surface area contributed by atoms with Gasteiger partial charge in [0.2, 0.25) is 0 Å². The number of halogens is 2. The molecule has 1 heterocycles. The molecule has 1 aromatic carbocycles. The molecule has 2 rings (SSSR count). The summed E-state index contributed by atoms with van der Waals surface area (Å²) in [6.07, 6.45) is 0. The first-order chi connectivity index (χ1) is 12.5. The van der Waals surface area contributed by atoms with Crippen LogP contribution in [0.3, 0.4) is 0 Å². The first-order valence-electron chi connectivity index (χ1n) is 9.24. The van der Waals surface area contributed by atoms with Crippen LogP contribution in [0.2, 0.25) is 0 Å². The summed E-state index contributed by atoms with van der Waals surface area (Å²) in [4.78, 5) is 8.28. The van der Waals surface area contributed by atoms with Crippen molar-refractivity contribution in [1.29, 1.82) is 0 Å². The average Bonchev–Trinajstić information content (AvgIpc) is 2.65. The number of morpholine rings is 1. The van der Waals surface area contributed by atoms with E-state index in [4.69, 9.17) is 9.73 Å². The van der Waals surface area contributed by atoms with E-state index < -0.39 is 0 Å². The number of nitrogens with zero attached hydrogens (tertiary/aromatic N) is 2. The number of thioether (sulfide) groups is 1. The fourth-order valence-electron chi connectivity index (χ4n) is 2.75. The Morgan fingerprint density at radius 2 is 1.89 bits per heavy atom. The fourth-order valence-corrected chi connectivity index (χ4v) is 3.52. The molecule has 1 aliphatic rings. The maximum atomic E-state index is 12.9. The van der Waals surface area contributed by atoms with Gasteiger partial charge in [-0.05, 0) is 45.0 Å². The molecule has 1 saturated heterocycles. The van der Waals surface area contributed by atoms with Crippen LogP contribution in [-0.2, 0) is 4.74 Å². The van der Waals surface area contributed by atoms with Gasteiger partial charge < -0.3 is 15.4 Å². The average molecular weight is 510 g/mol. The van der Waals surface area contributed by atoms with Gasteiger partial charge in [0.1, 0.15) is 5.82 Å². The summed E-state index contributed by atoms with van der Waals surface area (Å²) >= 11 is 1.70. The van der Waals surface area contributed by atoms with Crippen LogP contribution in [0.4, 0.5) is 4.39 Å². The maximum Gasteiger partial charge on any atom is 0.191 e. The van der Waals surface area contributed by atoms with Crippen LogP contribution in [0.15, 0.2) is 34.2 Å². The van der Waals surface area contributed by atoms with Crippen molar-refractivity contribution in [3.63, 3.8) is 0 Å². The topological polar surface area (TPSA) is 48.9 Å². The number of aliphatic imine (C=N–C) groups is 1. The molecule has 27 heavy (non-hydrogen) atoms. The molecule has 0 aliphatic carbocycles. The van der Waals surface area contributed by atoms with E-state index in [0.717, 1.165) is 62.5 Å². The number of nitrogens with one attached hydrogen (secondary N) is 2. The predicted octanol–water partition coefficient (Wildman–Crippen LogP) is 3.20. The minimum atomic E-state index is -0.197. The highest BCUT2D eigenvalue weighted by Gasteiger charge is 2.28. The molecule has 0 unspecified atom stereocenters. The second-order valence-electron chi connectivity index (χ2n) is 6.84. The van der Waals surface area contributed by atoms with Gasteiger partial charge in [-0.15, -0.1) is 35.7 Å². The molecule has 0 saturated carbocycles. The number of guanidine groups is 1. The van der Waals surface area contributed by atoms with Crippen LogP contribution in [0.1, 0.15) is 20.8 Å². The summed E-state index contributed by atoms with van der Waals surface area (Å²) in [7, 11) is 0. The zero-order valence-electron chi connectivity index (χ0n) is 16.5. The Hall–Kier alpha value is -0.580. The molecular weight excluding hydrogens is 478 g/mol. The first kappa shape index (κ1) is 24.5. The molecule has 154 valence electrons. The monoisotopic (exact) mass is 510 g/mol. The first-order valence-corrected chi connectivity index (χ1v) is 10.2. The summed E-state index contributed by atoms with van der Waals surface area (Å²) in [6.45, 7) is 12.4. The van der Waals surface area contributed by atoms with E-state index in [-0.39, 0.29) is 35.3 Å². The number of ether oxygens (including phenoxy) is 1. The molecule has 8 heteroatoms. The van der Waals surface area contributed by atoms with Crippen molar-refractivity contribution in [3.05, 3.63) is 30.1 Å². The summed E-state index contributed by atoms with van der Waals surface area (Å²) < 4.78 is 18.4. The Morgan fingerprint density at radius 1 is 1.22 bits per heavy atom. The molecule has 0 amide bonds. The Labute approximate surface area is 183 Å². The SMILES string of the molecule is CCNC(=NCC(C)(C)N1CCOCC1)NCCSc1ccc(F)cc1.I. The van der Waals surface area contributed by atoms with Gasteiger partial charge in [-0.1, -0.05) is 0 Å². The minimum absolute atomic E-state index is 0. The van der Waals surface area contributed by atoms with E-state index in [9.17, 15) is 4.39 Å². The predicted molar refractivity (Wildman–Crippen MR) is 123 cm³/mol. The van der Waals surface area contributed by atoms with Gasteiger partial charge in [-0.3, -0.25) is 9.89 Å². The van der Waals surface area contributed by atoms with Crippen molar-refractivity contribution in [1.82, 2.24) is 15.5 Å². The van der Waals surface area contributed by atoms with E-state index in [1.165, 1.54) is 12.1 Å². The molecule has 0 radical (unpaired) electrons. The van der Waals surface area contributed by atoms with Crippen LogP contribution in [0.25, 0.3) is 0 Å². The fraction of sp³-hybridized carbons (Fsp3) is 0.632. The van der Waals surface area contributed by atoms with Crippen molar-refractivity contribution in [2.45, 2.75) is 31.2 Å². The third-order valence-corrected chi connectivity index (χ3v) is 5.33. The van der Waals surface area contributed by atoms with Crippen molar-refractivity contribution in [3.8, 4) is 0 Å². The molecule has 0 bridgehead atoms. The standard InChI is InChI=1S/C19H31FN4OS.HI/c1-4-21-18(22-9-14-26-17-7-5-16(20)6-8-17)23-15-19(2,3)24-10-12-25-13-11-24;/h5-8H,4,9-15H2,1-3H3,(H2,21,22,23);1H. The summed E-state index contributed by atoms with van der Waals surface area (Å²) in [5, 5.41) is 6.68. The maximum absolute atomic E-state index is 12.9. The molecule has 1 fully saturated rings. The van der Waals surface area contributed by atoms with E-state index in [0.29, 0.717) is 0 Å². The van der Waals surface area contributed by atoms with E-state index in [2.05, 4.69) is 36.3 Å². The summed E-state index contributed by atoms with van der Waals surface area (Å²) in [5.41, 5.74) is 0.00892. The van der Waals surface area contributed by atoms with Crippen LogP contribution in [0, 0.1) is 5.82 Å². The lowest BCUT2D eigenvalue weighted by Gasteiger charge is -2.39. The van der Waals surface area contributed by atoms with Gasteiger partial charge in [0.25, 0.3) is 0 Å². The van der Waals surface area contributed by atoms with E-state index >= 15 is 0 Å². The van der Waals surface area contributed by atoms with E-state index in [1.54, 1.807) is 11.8 Å². The Kier molecular flexibility index (Phi) is 11.6. The molecule has 0 aromatic heterocycles. The van der Waals surface area contributed by atoms with Crippen molar-refractivity contribution in [2.24, 2.45) is 4.99 Å². The van der Waals surface area contributed by atoms with Gasteiger partial charge in [0.05, 0.1) is 19.8 Å². The lowest BCUT2D eigenvalue weighted by molar-refractivity contribution is -0.00683. The lowest BCUT2D eigenvalue weighted by Crippen LogP contribution is -2.52. The molecule has 1 aliphatic heterocycles. The van der Waals surface area contributed by atoms with Gasteiger partial charge in [0, 0.05) is 42.4 Å². The summed E-state index contributed by atoms with van der Waals surface area (Å²) in [5.74, 6) is 1.54. The van der Waals surface area contributed by atoms with Crippen LogP contribution in [0.5, 0.6) is 0 Å². The van der Waals surface area contributed by atoms with Crippen LogP contribution in [-0.4, -0.2) is 68.1 Å². The number of hydrogen-bond acceptors (Lipinski definition) is 4. The number of benzene rings is 1. The highest BCUT2D eigenvalue weighted by Crippen LogP contribution is 2.18. The molecule has 5 nitrogen and oxygen atoms in total. The van der Waals surface area contributed by atoms with Crippen LogP contribution < -0.4 is 10.6 Å². The summed E-state index contributed by atoms with van der Waals surface area (Å²) in [6, 6.07) is 6.61. The number of hydrogen-bond donors (Lipinski definition) is 2. The highest BCUT2D eigenvalue weighted by atomic mass is 127. The molecule has 2 N–H and O–H groups in total. The van der Waals surface area contributed by atoms with Gasteiger partial charge >= 0.3 is 0 Å². The Balaban J connectivity index is 0.00000364. The number of rotatable bonds is 8. The third kappa shape index (κ3) is 8.97. The minimum Gasteiger partial charge on any atom is -0.379 e. The highest BCUT2D eigenvalue weighted by molar-refractivity contribution is 14.0. The lowest BCUT2D eigenvalue weighted by atomic mass is 10.0. The van der Waals surface area contributed by atoms with Crippen molar-refractivity contribution in [2.75, 3.05) is 51.7 Å². The second kappa shape index (κ2) is 12.8. The Bertz CT molecular complexity index is 565. The zero-order valence-corrected chi connectivity index (χ0v) is 19.6. The normalized spacial score (nSPS) is 15.9. The molecule has 1 aromatic rings. The second-order valence-corrected chi connectivity index (χ2v) is 8.00. The quantitative estimate of drug-likeness (QED) is 0.185. The zero-order chi connectivity index (χ0) is 18.8. The van der Waals surface area contributed by atoms with Crippen molar-refractivity contribution < 1.29 is 9.13 Å². The van der Waals surface area contributed by atoms with Crippen molar-refractivity contribution >= 4 is 41.7 Å². The van der Waals surface area contributed by atoms with E-state index in [1.807, 2.05) is 12.1 Å². The molecule has 0 atom stereocenters. The van der Waals surface area contributed by atoms with Gasteiger partial charge in [-0.2, -0.15) is 0 Å². The molecular formula is C19H32FIN4OS. The Morgan fingerprint density at radius 3 is 2.52 bits per heavy atom. The smallest absolute Gasteiger partial charge is 0.191 e. The largest absolute Gasteiger partial charge is 0.379 e. The molecule has 0 spiro atoms. The van der Waals surface area contributed by atoms with Crippen LogP contribution >= 0.6 is 35.7 Å². The third-order valence-electron chi connectivity index (χ3n) is 4.31. The van der Waals surface area contributed by atoms with Gasteiger partial charge in [-0.25, -0.2) is 4.39 Å².